The van der Waals surface area contributed by atoms with Crippen LogP contribution < -0.4 is 5.32 Å². The third-order valence-electron chi connectivity index (χ3n) is 8.15. The summed E-state index contributed by atoms with van der Waals surface area (Å²) in [6.07, 6.45) is 10.00. The Morgan fingerprint density at radius 1 is 1.10 bits per heavy atom. The summed E-state index contributed by atoms with van der Waals surface area (Å²) in [5, 5.41) is 12.4. The first-order chi connectivity index (χ1) is 19.4. The third kappa shape index (κ3) is 8.09. The van der Waals surface area contributed by atoms with Gasteiger partial charge in [0.2, 0.25) is 0 Å². The third-order valence-corrected chi connectivity index (χ3v) is 8.79. The lowest BCUT2D eigenvalue weighted by atomic mass is 9.93. The molecular formula is C32H44N2O5S. The number of likely N-dealkylation sites (tertiary alicyclic amines) is 1. The second kappa shape index (κ2) is 15.0. The molecule has 1 heterocycles. The highest BCUT2D eigenvalue weighted by Gasteiger charge is 2.34. The smallest absolute Gasteiger partial charge is 0.326 e. The maximum absolute atomic E-state index is 13.4. The van der Waals surface area contributed by atoms with E-state index in [0.717, 1.165) is 54.6 Å². The number of carboxylic acids is 1. The summed E-state index contributed by atoms with van der Waals surface area (Å²) in [4.78, 5) is 27.7. The van der Waals surface area contributed by atoms with Crippen LogP contribution in [0.3, 0.4) is 0 Å². The van der Waals surface area contributed by atoms with Gasteiger partial charge in [-0.1, -0.05) is 49.6 Å². The number of amides is 1. The minimum absolute atomic E-state index is 0.207. The second-order valence-electron chi connectivity index (χ2n) is 11.1. The summed E-state index contributed by atoms with van der Waals surface area (Å²) in [5.41, 5.74) is 4.44. The Hall–Kier alpha value is -2.39. The number of carbonyl (C=O) groups is 2. The summed E-state index contributed by atoms with van der Waals surface area (Å²) in [7, 11) is 1.75. The number of hydrogen-bond donors (Lipinski definition) is 2. The molecule has 1 saturated carbocycles. The Balaban J connectivity index is 1.56. The fourth-order valence-electron chi connectivity index (χ4n) is 6.02. The Labute approximate surface area is 243 Å². The standard InChI is InChI=1S/C32H44N2O5S/c1-22-9-7-8-12-27(22)29-17-23(13-14-28(29)31(35)33-30(32(36)37)15-16-40-3)19-34-20-26(18-24(34)21-38-2)39-25-10-5-4-6-11-25/h7-9,12-14,17,24-26,30H,4-6,10-11,15-16,18-21H2,1-3H3,(H,33,35)(H,36,37)/t24-,26+,30-/m0/s1. The molecule has 218 valence electrons. The van der Waals surface area contributed by atoms with E-state index in [1.165, 1.54) is 19.3 Å². The fourth-order valence-corrected chi connectivity index (χ4v) is 6.49. The van der Waals surface area contributed by atoms with E-state index < -0.39 is 12.0 Å². The predicted molar refractivity (Wildman–Crippen MR) is 161 cm³/mol. The summed E-state index contributed by atoms with van der Waals surface area (Å²) in [6.45, 7) is 4.28. The number of benzene rings is 2. The highest BCUT2D eigenvalue weighted by atomic mass is 32.2. The van der Waals surface area contributed by atoms with Crippen molar-refractivity contribution in [1.29, 1.82) is 0 Å². The van der Waals surface area contributed by atoms with E-state index in [0.29, 0.717) is 30.4 Å². The van der Waals surface area contributed by atoms with Gasteiger partial charge in [0.25, 0.3) is 5.91 Å². The van der Waals surface area contributed by atoms with Gasteiger partial charge in [-0.25, -0.2) is 4.79 Å². The molecule has 1 saturated heterocycles. The zero-order valence-corrected chi connectivity index (χ0v) is 24.9. The number of carbonyl (C=O) groups excluding carboxylic acids is 1. The van der Waals surface area contributed by atoms with Gasteiger partial charge in [-0.3, -0.25) is 9.69 Å². The maximum atomic E-state index is 13.4. The van der Waals surface area contributed by atoms with Crippen molar-refractivity contribution in [3.05, 3.63) is 59.2 Å². The van der Waals surface area contributed by atoms with Crippen LogP contribution >= 0.6 is 11.8 Å². The summed E-state index contributed by atoms with van der Waals surface area (Å²) in [6, 6.07) is 13.3. The van der Waals surface area contributed by atoms with Crippen molar-refractivity contribution >= 4 is 23.6 Å². The highest BCUT2D eigenvalue weighted by molar-refractivity contribution is 7.98. The minimum atomic E-state index is -1.01. The largest absolute Gasteiger partial charge is 0.480 e. The van der Waals surface area contributed by atoms with E-state index in [1.807, 2.05) is 49.6 Å². The van der Waals surface area contributed by atoms with E-state index in [-0.39, 0.29) is 18.1 Å². The number of ether oxygens (including phenoxy) is 2. The lowest BCUT2D eigenvalue weighted by Crippen LogP contribution is -2.41. The van der Waals surface area contributed by atoms with Crippen LogP contribution in [0.2, 0.25) is 0 Å². The van der Waals surface area contributed by atoms with Crippen LogP contribution in [-0.4, -0.2) is 78.4 Å². The van der Waals surface area contributed by atoms with Crippen molar-refractivity contribution in [2.24, 2.45) is 0 Å². The van der Waals surface area contributed by atoms with E-state index in [9.17, 15) is 14.7 Å². The molecule has 1 aliphatic heterocycles. The van der Waals surface area contributed by atoms with E-state index in [4.69, 9.17) is 9.47 Å². The number of rotatable bonds is 13. The van der Waals surface area contributed by atoms with Crippen molar-refractivity contribution in [3.63, 3.8) is 0 Å². The molecule has 2 N–H and O–H groups in total. The van der Waals surface area contributed by atoms with Gasteiger partial charge in [0.05, 0.1) is 18.8 Å². The molecule has 0 aromatic heterocycles. The molecule has 40 heavy (non-hydrogen) atoms. The van der Waals surface area contributed by atoms with Crippen molar-refractivity contribution in [2.75, 3.05) is 32.3 Å². The lowest BCUT2D eigenvalue weighted by molar-refractivity contribution is -0.139. The molecule has 2 fully saturated rings. The number of hydrogen-bond acceptors (Lipinski definition) is 6. The second-order valence-corrected chi connectivity index (χ2v) is 12.1. The first-order valence-corrected chi connectivity index (χ1v) is 15.9. The van der Waals surface area contributed by atoms with Crippen LogP contribution in [0.1, 0.15) is 66.4 Å². The molecule has 0 bridgehead atoms. The summed E-state index contributed by atoms with van der Waals surface area (Å²) < 4.78 is 12.1. The summed E-state index contributed by atoms with van der Waals surface area (Å²) in [5.74, 6) is -0.720. The van der Waals surface area contributed by atoms with Crippen LogP contribution in [0.25, 0.3) is 11.1 Å². The molecule has 0 unspecified atom stereocenters. The Kier molecular flexibility index (Phi) is 11.5. The number of thioether (sulfide) groups is 1. The number of carboxylic acid groups (broad SMARTS) is 1. The first-order valence-electron chi connectivity index (χ1n) is 14.5. The molecule has 2 aromatic rings. The normalized spacial score (nSPS) is 20.9. The van der Waals surface area contributed by atoms with Crippen molar-refractivity contribution in [2.45, 2.75) is 82.7 Å². The monoisotopic (exact) mass is 568 g/mol. The SMILES string of the molecule is COC[C@@H]1C[C@@H](OC2CCCCC2)CN1Cc1ccc(C(=O)N[C@@H](CCSC)C(=O)O)c(-c2ccccc2C)c1. The Morgan fingerprint density at radius 2 is 1.88 bits per heavy atom. The number of nitrogens with zero attached hydrogens (tertiary/aromatic N) is 1. The van der Waals surface area contributed by atoms with Crippen LogP contribution in [0, 0.1) is 6.92 Å². The first kappa shape index (κ1) is 30.6. The molecule has 2 aliphatic rings. The molecule has 4 rings (SSSR count). The maximum Gasteiger partial charge on any atom is 0.326 e. The van der Waals surface area contributed by atoms with Crippen molar-refractivity contribution in [3.8, 4) is 11.1 Å². The fraction of sp³-hybridized carbons (Fsp3) is 0.562. The number of methoxy groups -OCH3 is 1. The number of nitrogens with one attached hydrogen (secondary N) is 1. The molecule has 7 nitrogen and oxygen atoms in total. The molecule has 8 heteroatoms. The highest BCUT2D eigenvalue weighted by Crippen LogP contribution is 2.31. The minimum Gasteiger partial charge on any atom is -0.480 e. The van der Waals surface area contributed by atoms with Crippen molar-refractivity contribution < 1.29 is 24.2 Å². The number of aryl methyl sites for hydroxylation is 1. The summed E-state index contributed by atoms with van der Waals surface area (Å²) >= 11 is 1.57. The Morgan fingerprint density at radius 3 is 2.58 bits per heavy atom. The molecule has 1 aliphatic carbocycles. The quantitative estimate of drug-likeness (QED) is 0.328. The average molecular weight is 569 g/mol. The molecule has 1 amide bonds. The van der Waals surface area contributed by atoms with Gasteiger partial charge in [0.15, 0.2) is 0 Å². The van der Waals surface area contributed by atoms with E-state index in [2.05, 4.69) is 16.3 Å². The van der Waals surface area contributed by atoms with Crippen LogP contribution in [0.5, 0.6) is 0 Å². The predicted octanol–water partition coefficient (Wildman–Crippen LogP) is 5.54. The zero-order valence-electron chi connectivity index (χ0n) is 24.1. The zero-order chi connectivity index (χ0) is 28.5. The van der Waals surface area contributed by atoms with Crippen LogP contribution in [-0.2, 0) is 20.8 Å². The van der Waals surface area contributed by atoms with Gasteiger partial charge in [-0.15, -0.1) is 0 Å². The Bertz CT molecular complexity index is 1140. The lowest BCUT2D eigenvalue weighted by Gasteiger charge is -2.26. The van der Waals surface area contributed by atoms with E-state index in [1.54, 1.807) is 18.9 Å². The van der Waals surface area contributed by atoms with E-state index >= 15 is 0 Å². The average Bonchev–Trinajstić information content (AvgIpc) is 3.31. The molecule has 2 aromatic carbocycles. The van der Waals surface area contributed by atoms with Crippen LogP contribution in [0.15, 0.2) is 42.5 Å². The van der Waals surface area contributed by atoms with Gasteiger partial charge in [-0.2, -0.15) is 11.8 Å². The van der Waals surface area contributed by atoms with Gasteiger partial charge in [0, 0.05) is 31.8 Å². The van der Waals surface area contributed by atoms with Crippen molar-refractivity contribution in [1.82, 2.24) is 10.2 Å². The molecule has 0 radical (unpaired) electrons. The van der Waals surface area contributed by atoms with Gasteiger partial charge >= 0.3 is 5.97 Å². The molecular weight excluding hydrogens is 524 g/mol. The number of aliphatic carboxylic acids is 1. The van der Waals surface area contributed by atoms with Crippen LogP contribution in [0.4, 0.5) is 0 Å². The topological polar surface area (TPSA) is 88.1 Å². The van der Waals surface area contributed by atoms with Gasteiger partial charge in [0.1, 0.15) is 6.04 Å². The molecule has 0 spiro atoms. The van der Waals surface area contributed by atoms with Gasteiger partial charge < -0.3 is 19.9 Å². The van der Waals surface area contributed by atoms with Gasteiger partial charge in [-0.05, 0) is 79.0 Å². The molecule has 3 atom stereocenters.